The van der Waals surface area contributed by atoms with E-state index in [0.717, 1.165) is 0 Å². The van der Waals surface area contributed by atoms with Gasteiger partial charge in [-0.15, -0.1) is 0 Å². The number of carbonyl (C=O) groups excluding carboxylic acids is 2. The van der Waals surface area contributed by atoms with Gasteiger partial charge in [0.25, 0.3) is 5.69 Å². The minimum atomic E-state index is -0.565. The van der Waals surface area contributed by atoms with E-state index in [1.54, 1.807) is 19.1 Å². The molecule has 1 aromatic rings. The molecule has 0 aliphatic carbocycles. The second-order valence-electron chi connectivity index (χ2n) is 4.95. The minimum absolute atomic E-state index is 0.0604. The van der Waals surface area contributed by atoms with E-state index in [-0.39, 0.29) is 17.4 Å². The number of carbonyl (C=O) groups is 2. The van der Waals surface area contributed by atoms with Crippen molar-refractivity contribution in [1.82, 2.24) is 5.32 Å². The van der Waals surface area contributed by atoms with Gasteiger partial charge in [0.05, 0.1) is 10.5 Å². The molecule has 1 aliphatic heterocycles. The molecule has 0 fully saturated rings. The van der Waals surface area contributed by atoms with Crippen LogP contribution in [0.5, 0.6) is 0 Å². The number of nitrogens with zero attached hydrogens (tertiary/aromatic N) is 2. The quantitative estimate of drug-likeness (QED) is 0.674. The van der Waals surface area contributed by atoms with Crippen LogP contribution in [0.15, 0.2) is 34.8 Å². The fourth-order valence-corrected chi connectivity index (χ4v) is 3.56. The van der Waals surface area contributed by atoms with Gasteiger partial charge in [-0.1, -0.05) is 23.9 Å². The van der Waals surface area contributed by atoms with E-state index in [1.165, 1.54) is 37.7 Å². The molecule has 0 saturated heterocycles. The number of rotatable bonds is 4. The number of thioether (sulfide) groups is 1. The molecule has 1 N–H and O–H groups in total. The van der Waals surface area contributed by atoms with Gasteiger partial charge in [0.2, 0.25) is 5.91 Å². The highest BCUT2D eigenvalue weighted by Crippen LogP contribution is 2.39. The summed E-state index contributed by atoms with van der Waals surface area (Å²) in [7, 11) is 0. The third kappa shape index (κ3) is 3.84. The number of Topliss-reactive ketones (excluding diaryl/α,β-unsaturated/α-hetero) is 1. The summed E-state index contributed by atoms with van der Waals surface area (Å²) < 4.78 is 0. The van der Waals surface area contributed by atoms with Crippen molar-refractivity contribution in [3.8, 4) is 0 Å². The van der Waals surface area contributed by atoms with Crippen LogP contribution < -0.4 is 5.32 Å². The van der Waals surface area contributed by atoms with Crippen molar-refractivity contribution >= 4 is 39.8 Å². The van der Waals surface area contributed by atoms with Crippen LogP contribution in [0.4, 0.5) is 5.69 Å². The predicted octanol–water partition coefficient (Wildman–Crippen LogP) is 2.52. The zero-order valence-electron chi connectivity index (χ0n) is 12.8. The predicted molar refractivity (Wildman–Crippen MR) is 89.0 cm³/mol. The van der Waals surface area contributed by atoms with E-state index in [2.05, 4.69) is 10.3 Å². The Morgan fingerprint density at radius 3 is 2.61 bits per heavy atom. The molecule has 0 bridgehead atoms. The normalized spacial score (nSPS) is 17.5. The van der Waals surface area contributed by atoms with E-state index >= 15 is 0 Å². The molecule has 1 atom stereocenters. The van der Waals surface area contributed by atoms with Crippen LogP contribution in [-0.4, -0.2) is 27.8 Å². The van der Waals surface area contributed by atoms with Gasteiger partial charge in [-0.2, -0.15) is 0 Å². The molecule has 2 rings (SSSR count). The smallest absolute Gasteiger partial charge is 0.270 e. The summed E-state index contributed by atoms with van der Waals surface area (Å²) in [5, 5.41) is 13.6. The molecule has 1 aliphatic rings. The fourth-order valence-electron chi connectivity index (χ4n) is 2.22. The van der Waals surface area contributed by atoms with Gasteiger partial charge in [0, 0.05) is 29.7 Å². The van der Waals surface area contributed by atoms with Crippen molar-refractivity contribution in [1.29, 1.82) is 0 Å². The molecular formula is C15H15N3O4S. The van der Waals surface area contributed by atoms with Gasteiger partial charge in [0.1, 0.15) is 0 Å². The molecule has 0 spiro atoms. The van der Waals surface area contributed by atoms with Gasteiger partial charge in [-0.25, -0.2) is 0 Å². The number of benzene rings is 1. The first-order valence-corrected chi connectivity index (χ1v) is 7.66. The molecule has 1 unspecified atom stereocenters. The van der Waals surface area contributed by atoms with E-state index in [9.17, 15) is 19.7 Å². The van der Waals surface area contributed by atoms with E-state index in [4.69, 9.17) is 0 Å². The number of hydrogen-bond donors (Lipinski definition) is 1. The Bertz CT molecular complexity index is 755. The first-order chi connectivity index (χ1) is 10.8. The van der Waals surface area contributed by atoms with Crippen LogP contribution in [0.1, 0.15) is 26.3 Å². The first kappa shape index (κ1) is 16.9. The number of non-ortho nitro benzene ring substituents is 1. The van der Waals surface area contributed by atoms with E-state index < -0.39 is 10.4 Å². The Labute approximate surface area is 137 Å². The van der Waals surface area contributed by atoms with Crippen molar-refractivity contribution in [3.63, 3.8) is 0 Å². The first-order valence-electron chi connectivity index (χ1n) is 6.78. The zero-order chi connectivity index (χ0) is 17.1. The second-order valence-corrected chi connectivity index (χ2v) is 6.04. The van der Waals surface area contributed by atoms with Crippen molar-refractivity contribution in [2.75, 3.05) is 0 Å². The third-order valence-corrected chi connectivity index (χ3v) is 4.25. The fraction of sp³-hybridized carbons (Fsp3) is 0.267. The molecular weight excluding hydrogens is 318 g/mol. The van der Waals surface area contributed by atoms with Gasteiger partial charge >= 0.3 is 0 Å². The Morgan fingerprint density at radius 2 is 2.04 bits per heavy atom. The highest BCUT2D eigenvalue weighted by molar-refractivity contribution is 8.09. The summed E-state index contributed by atoms with van der Waals surface area (Å²) in [6.45, 7) is 4.48. The van der Waals surface area contributed by atoms with Crippen LogP contribution in [0.3, 0.4) is 0 Å². The Kier molecular flexibility index (Phi) is 4.95. The summed E-state index contributed by atoms with van der Waals surface area (Å²) in [5.41, 5.74) is 0.840. The lowest BCUT2D eigenvalue weighted by Crippen LogP contribution is -2.32. The topological polar surface area (TPSA) is 102 Å². The largest absolute Gasteiger partial charge is 0.326 e. The monoisotopic (exact) mass is 333 g/mol. The molecule has 1 heterocycles. The van der Waals surface area contributed by atoms with Crippen LogP contribution in [0.25, 0.3) is 4.91 Å². The van der Waals surface area contributed by atoms with Gasteiger partial charge in [-0.05, 0) is 19.4 Å². The number of nitrogens with one attached hydrogen (secondary N) is 1. The lowest BCUT2D eigenvalue weighted by atomic mass is 10.0. The SMILES string of the molecule is CC(=O)NC1N=C(C)C(C(C)=O)=C(c2cccc([N+](=O)[O-])c2)S1. The van der Waals surface area contributed by atoms with E-state index in [0.29, 0.717) is 21.8 Å². The molecule has 1 aromatic carbocycles. The summed E-state index contributed by atoms with van der Waals surface area (Å²) in [6, 6.07) is 6.06. The standard InChI is InChI=1S/C15H15N3O4S/c1-8-13(9(2)19)14(23-15(16-8)17-10(3)20)11-5-4-6-12(7-11)18(21)22/h4-7,15H,1-3H3,(H,17,20). The minimum Gasteiger partial charge on any atom is -0.326 e. The molecule has 0 saturated carbocycles. The number of hydrogen-bond acceptors (Lipinski definition) is 6. The molecule has 0 aromatic heterocycles. The van der Waals surface area contributed by atoms with Gasteiger partial charge in [0.15, 0.2) is 11.3 Å². The van der Waals surface area contributed by atoms with Crippen molar-refractivity contribution in [3.05, 3.63) is 45.5 Å². The molecule has 7 nitrogen and oxygen atoms in total. The van der Waals surface area contributed by atoms with Crippen LogP contribution in [-0.2, 0) is 9.59 Å². The van der Waals surface area contributed by atoms with Crippen LogP contribution >= 0.6 is 11.8 Å². The number of aliphatic imine (C=N–C) groups is 1. The maximum atomic E-state index is 12.0. The number of nitro groups is 1. The third-order valence-electron chi connectivity index (χ3n) is 3.13. The maximum Gasteiger partial charge on any atom is 0.270 e. The number of allylic oxidation sites excluding steroid dienone is 1. The summed E-state index contributed by atoms with van der Waals surface area (Å²) in [4.78, 5) is 38.6. The number of amides is 1. The summed E-state index contributed by atoms with van der Waals surface area (Å²) in [5.74, 6) is -0.426. The zero-order valence-corrected chi connectivity index (χ0v) is 13.6. The second kappa shape index (κ2) is 6.74. The molecule has 8 heteroatoms. The van der Waals surface area contributed by atoms with Crippen molar-refractivity contribution in [2.45, 2.75) is 26.3 Å². The van der Waals surface area contributed by atoms with Gasteiger partial charge in [-0.3, -0.25) is 24.7 Å². The Balaban J connectivity index is 2.53. The lowest BCUT2D eigenvalue weighted by Gasteiger charge is -2.24. The Hall–Kier alpha value is -2.48. The maximum absolute atomic E-state index is 12.0. The van der Waals surface area contributed by atoms with Crippen molar-refractivity contribution in [2.24, 2.45) is 4.99 Å². The van der Waals surface area contributed by atoms with Crippen LogP contribution in [0.2, 0.25) is 0 Å². The van der Waals surface area contributed by atoms with Crippen molar-refractivity contribution < 1.29 is 14.5 Å². The molecule has 120 valence electrons. The number of nitro benzene ring substituents is 1. The van der Waals surface area contributed by atoms with Crippen LogP contribution in [0, 0.1) is 10.1 Å². The molecule has 1 amide bonds. The van der Waals surface area contributed by atoms with Gasteiger partial charge < -0.3 is 5.32 Å². The molecule has 0 radical (unpaired) electrons. The lowest BCUT2D eigenvalue weighted by molar-refractivity contribution is -0.384. The highest BCUT2D eigenvalue weighted by Gasteiger charge is 2.27. The summed E-state index contributed by atoms with van der Waals surface area (Å²) >= 11 is 1.19. The summed E-state index contributed by atoms with van der Waals surface area (Å²) in [6.07, 6.45) is 0. The average molecular weight is 333 g/mol. The van der Waals surface area contributed by atoms with E-state index in [1.807, 2.05) is 0 Å². The number of ketones is 1. The Morgan fingerprint density at radius 1 is 1.35 bits per heavy atom. The molecule has 23 heavy (non-hydrogen) atoms. The average Bonchev–Trinajstić information content (AvgIpc) is 2.45. The highest BCUT2D eigenvalue weighted by atomic mass is 32.2.